The van der Waals surface area contributed by atoms with Crippen LogP contribution in [-0.2, 0) is 49.7 Å². The molecular formula is C61H82N20O9S3. The third kappa shape index (κ3) is 22.5. The number of anilines is 1. The van der Waals surface area contributed by atoms with E-state index in [4.69, 9.17) is 38.6 Å². The van der Waals surface area contributed by atoms with Crippen LogP contribution in [0.5, 0.6) is 5.75 Å². The number of thiazole rings is 3. The number of carbonyl (C=O) groups excluding carboxylic acids is 7. The highest BCUT2D eigenvalue weighted by molar-refractivity contribution is 7.16. The van der Waals surface area contributed by atoms with Crippen molar-refractivity contribution in [1.82, 2.24) is 77.4 Å². The first-order valence-corrected chi connectivity index (χ1v) is 33.0. The van der Waals surface area contributed by atoms with Crippen LogP contribution in [0.1, 0.15) is 99.3 Å². The van der Waals surface area contributed by atoms with Crippen molar-refractivity contribution in [2.45, 2.75) is 108 Å². The molecule has 0 fully saturated rings. The average Bonchev–Trinajstić information content (AvgIpc) is 1.80. The lowest BCUT2D eigenvalue weighted by atomic mass is 9.91. The van der Waals surface area contributed by atoms with Gasteiger partial charge in [0, 0.05) is 78.9 Å². The van der Waals surface area contributed by atoms with Crippen molar-refractivity contribution in [3.63, 3.8) is 0 Å². The van der Waals surface area contributed by atoms with E-state index in [1.165, 1.54) is 72.5 Å². The molecule has 0 unspecified atom stereocenters. The van der Waals surface area contributed by atoms with Crippen molar-refractivity contribution >= 4 is 81.2 Å². The number of phenolic OH excluding ortho intramolecular Hbond substituents is 1. The van der Waals surface area contributed by atoms with E-state index in [1.54, 1.807) is 47.8 Å². The van der Waals surface area contributed by atoms with Gasteiger partial charge in [0.15, 0.2) is 0 Å². The highest BCUT2D eigenvalue weighted by Gasteiger charge is 2.36. The highest BCUT2D eigenvalue weighted by atomic mass is 32.1. The van der Waals surface area contributed by atoms with E-state index in [9.17, 15) is 43.8 Å². The number of benzene rings is 2. The second-order valence-corrected chi connectivity index (χ2v) is 24.8. The summed E-state index contributed by atoms with van der Waals surface area (Å²) in [6.07, 6.45) is 4.96. The lowest BCUT2D eigenvalue weighted by Crippen LogP contribution is -2.57. The molecule has 498 valence electrons. The highest BCUT2D eigenvalue weighted by Crippen LogP contribution is 2.32. The summed E-state index contributed by atoms with van der Waals surface area (Å²) in [5.74, 6) is -6.33. The summed E-state index contributed by atoms with van der Waals surface area (Å²) in [5, 5.41) is 53.6. The SMILES string of the molecule is Cc1c(N)nc([C@H](CC(N)=O)NC[C@H](N)C(N)=O)nc1C(=O)N[C@@H](Cc1cnc[nH]1)C(=O)N[C@H](Cc1ccccc1)[C@@H](O)[C@H](C)C(=O)N[C@@H](Cc1ccc(O)cc1)C(=O)NCCc1nc(-c2nc(-c3nc(C(=O)NCCCNCCCCNCCCN)cs3)cs2)cs1. The number of nitrogens with one attached hydrogen (secondary N) is 9. The normalized spacial score (nSPS) is 13.6. The fourth-order valence-corrected chi connectivity index (χ4v) is 12.0. The summed E-state index contributed by atoms with van der Waals surface area (Å²) in [5.41, 5.74) is 31.6. The van der Waals surface area contributed by atoms with E-state index in [0.717, 1.165) is 51.9 Å². The molecular weight excluding hydrogens is 1250 g/mol. The number of aliphatic hydroxyl groups is 1. The number of aliphatic hydroxyl groups excluding tert-OH is 1. The van der Waals surface area contributed by atoms with E-state index >= 15 is 0 Å². The Balaban J connectivity index is 0.979. The Kier molecular flexibility index (Phi) is 28.1. The second-order valence-electron chi connectivity index (χ2n) is 22.1. The minimum atomic E-state index is -1.60. The zero-order valence-corrected chi connectivity index (χ0v) is 54.1. The Hall–Kier alpha value is -8.73. The number of aromatic amines is 1. The van der Waals surface area contributed by atoms with Crippen LogP contribution in [0.15, 0.2) is 83.3 Å². The molecule has 21 N–H and O–H groups in total. The quantitative estimate of drug-likeness (QED) is 0.0231. The van der Waals surface area contributed by atoms with Crippen LogP contribution in [0, 0.1) is 12.8 Å². The summed E-state index contributed by atoms with van der Waals surface area (Å²) >= 11 is 4.10. The van der Waals surface area contributed by atoms with Gasteiger partial charge in [0.1, 0.15) is 62.3 Å². The number of nitrogens with two attached hydrogens (primary N) is 5. The van der Waals surface area contributed by atoms with Crippen LogP contribution in [0.25, 0.3) is 21.4 Å². The summed E-state index contributed by atoms with van der Waals surface area (Å²) in [6, 6.07) is 9.07. The molecule has 5 heterocycles. The van der Waals surface area contributed by atoms with Crippen molar-refractivity contribution in [3.8, 4) is 27.2 Å². The van der Waals surface area contributed by atoms with E-state index in [1.807, 2.05) is 10.8 Å². The number of unbranched alkanes of at least 4 members (excludes halogenated alkanes) is 1. The van der Waals surface area contributed by atoms with Crippen molar-refractivity contribution in [1.29, 1.82) is 0 Å². The molecule has 93 heavy (non-hydrogen) atoms. The number of aromatic hydroxyl groups is 1. The smallest absolute Gasteiger partial charge is 0.271 e. The Bertz CT molecular complexity index is 3550. The van der Waals surface area contributed by atoms with Gasteiger partial charge in [-0.15, -0.1) is 34.0 Å². The van der Waals surface area contributed by atoms with Gasteiger partial charge < -0.3 is 86.4 Å². The van der Waals surface area contributed by atoms with Crippen LogP contribution < -0.4 is 71.2 Å². The predicted molar refractivity (Wildman–Crippen MR) is 354 cm³/mol. The molecule has 7 aromatic rings. The van der Waals surface area contributed by atoms with Crippen LogP contribution in [0.3, 0.4) is 0 Å². The zero-order chi connectivity index (χ0) is 66.8. The minimum absolute atomic E-state index is 0.000876. The van der Waals surface area contributed by atoms with Crippen molar-refractivity contribution in [2.75, 3.05) is 58.1 Å². The monoisotopic (exact) mass is 1330 g/mol. The molecule has 0 saturated heterocycles. The van der Waals surface area contributed by atoms with E-state index in [-0.39, 0.29) is 73.3 Å². The third-order valence-corrected chi connectivity index (χ3v) is 17.5. The first-order valence-electron chi connectivity index (χ1n) is 30.4. The maximum Gasteiger partial charge on any atom is 0.271 e. The molecule has 0 aliphatic carbocycles. The summed E-state index contributed by atoms with van der Waals surface area (Å²) in [7, 11) is 0. The number of primary amides is 2. The van der Waals surface area contributed by atoms with Gasteiger partial charge in [-0.2, -0.15) is 0 Å². The molecule has 32 heteroatoms. The number of phenols is 1. The molecule has 7 atom stereocenters. The number of hydrogen-bond acceptors (Lipinski definition) is 24. The molecule has 7 amide bonds. The van der Waals surface area contributed by atoms with Gasteiger partial charge in [-0.1, -0.05) is 49.4 Å². The zero-order valence-electron chi connectivity index (χ0n) is 51.7. The van der Waals surface area contributed by atoms with Crippen LogP contribution >= 0.6 is 34.0 Å². The first-order chi connectivity index (χ1) is 44.8. The number of nitrogen functional groups attached to an aromatic ring is 1. The van der Waals surface area contributed by atoms with Crippen molar-refractivity contribution < 1.29 is 43.8 Å². The van der Waals surface area contributed by atoms with Crippen LogP contribution in [-0.4, -0.2) is 169 Å². The second kappa shape index (κ2) is 36.5. The predicted octanol–water partition coefficient (Wildman–Crippen LogP) is 0.398. The topological polar surface area (TPSA) is 479 Å². The summed E-state index contributed by atoms with van der Waals surface area (Å²) in [6.45, 7) is 7.70. The van der Waals surface area contributed by atoms with Gasteiger partial charge in [0.25, 0.3) is 11.8 Å². The van der Waals surface area contributed by atoms with Gasteiger partial charge in [0.05, 0.1) is 41.5 Å². The molecule has 7 rings (SSSR count). The lowest BCUT2D eigenvalue weighted by molar-refractivity contribution is -0.134. The molecule has 29 nitrogen and oxygen atoms in total. The van der Waals surface area contributed by atoms with E-state index in [0.29, 0.717) is 68.4 Å². The van der Waals surface area contributed by atoms with Gasteiger partial charge >= 0.3 is 0 Å². The Morgan fingerprint density at radius 2 is 1.34 bits per heavy atom. The van der Waals surface area contributed by atoms with E-state index in [2.05, 4.69) is 67.5 Å². The molecule has 0 aliphatic rings. The van der Waals surface area contributed by atoms with Crippen molar-refractivity contribution in [2.24, 2.45) is 28.9 Å². The van der Waals surface area contributed by atoms with Crippen LogP contribution in [0.2, 0.25) is 0 Å². The lowest BCUT2D eigenvalue weighted by Gasteiger charge is -2.31. The van der Waals surface area contributed by atoms with Gasteiger partial charge in [-0.25, -0.2) is 29.9 Å². The van der Waals surface area contributed by atoms with Crippen molar-refractivity contribution in [3.05, 3.63) is 128 Å². The number of rotatable bonds is 40. The number of H-pyrrole nitrogens is 1. The largest absolute Gasteiger partial charge is 0.508 e. The molecule has 2 aromatic carbocycles. The molecule has 0 saturated carbocycles. The molecule has 0 bridgehead atoms. The number of hydrogen-bond donors (Lipinski definition) is 16. The molecule has 0 aliphatic heterocycles. The number of imidazole rings is 1. The third-order valence-electron chi connectivity index (χ3n) is 14.9. The van der Waals surface area contributed by atoms with Gasteiger partial charge in [0.2, 0.25) is 29.5 Å². The van der Waals surface area contributed by atoms with Gasteiger partial charge in [-0.3, -0.25) is 33.6 Å². The molecule has 0 spiro atoms. The molecule has 5 aromatic heterocycles. The summed E-state index contributed by atoms with van der Waals surface area (Å²) < 4.78 is 0. The Labute approximate surface area is 549 Å². The molecule has 0 radical (unpaired) electrons. The Morgan fingerprint density at radius 3 is 2.04 bits per heavy atom. The standard InChI is InChI=1S/C61H82N20O9S3/c1-34-50(80-54(81-52(34)65)42(27-48(64)83)72-29-40(63)53(66)85)59(90)77-44(26-38-28-69-33-73-38)58(89)75-41(24-36-10-4-3-5-11-36)51(84)35(2)55(86)76-43(25-37-12-14-39(82)15-13-37)56(87)71-23-16-49-74-46(31-91-49)60-79-47(32-93-60)61-78-45(30-92-61)57(88)70-22-9-21-68-19-7-6-18-67-20-8-17-62/h3-5,10-15,28,30-33,35,40-44,51,67-68,72,82,84H,6-9,16-27,29,62-63H2,1-2H3,(H2,64,83)(H2,66,85)(H,69,73)(H,70,88)(H,71,87)(H,75,89)(H,76,86)(H,77,90)(H2,65,80,81)/t35-,40-,41+,42-,43-,44-,51-/m0/s1. The fraction of sp³-hybridized carbons (Fsp3) is 0.426. The Morgan fingerprint density at radius 1 is 0.677 bits per heavy atom. The minimum Gasteiger partial charge on any atom is -0.508 e. The average molecular weight is 1340 g/mol. The van der Waals surface area contributed by atoms with E-state index < -0.39 is 77.7 Å². The fourth-order valence-electron chi connectivity index (χ4n) is 9.51. The maximum absolute atomic E-state index is 14.7. The summed E-state index contributed by atoms with van der Waals surface area (Å²) in [4.78, 5) is 124. The number of nitrogens with zero attached hydrogens (tertiary/aromatic N) is 6. The van der Waals surface area contributed by atoms with Gasteiger partial charge in [-0.05, 0) is 95.0 Å². The first kappa shape index (κ1) is 71.7. The number of amides is 7. The maximum atomic E-state index is 14.7. The number of aromatic nitrogens is 7. The number of carbonyl (C=O) groups is 7. The van der Waals surface area contributed by atoms with Crippen LogP contribution in [0.4, 0.5) is 5.82 Å².